The zero-order valence-corrected chi connectivity index (χ0v) is 12.3. The molecule has 0 rings (SSSR count). The summed E-state index contributed by atoms with van der Waals surface area (Å²) in [4.78, 5) is 0. The molecule has 19 heavy (non-hydrogen) atoms. The van der Waals surface area contributed by atoms with Gasteiger partial charge in [-0.25, -0.2) is 0 Å². The van der Waals surface area contributed by atoms with Crippen LogP contribution >= 0.6 is 0 Å². The third kappa shape index (κ3) is 13.3. The summed E-state index contributed by atoms with van der Waals surface area (Å²) in [6, 6.07) is 0. The van der Waals surface area contributed by atoms with Crippen LogP contribution < -0.4 is 0 Å². The second-order valence-corrected chi connectivity index (χ2v) is 4.91. The lowest BCUT2D eigenvalue weighted by atomic mass is 10.0. The van der Waals surface area contributed by atoms with E-state index in [4.69, 9.17) is 14.9 Å². The molecule has 0 aliphatic carbocycles. The topological polar surface area (TPSA) is 49.7 Å². The highest BCUT2D eigenvalue weighted by Gasteiger charge is 1.98. The summed E-state index contributed by atoms with van der Waals surface area (Å²) in [5.41, 5.74) is 0. The number of allylic oxidation sites excluding steroid dienone is 1. The first-order valence-electron chi connectivity index (χ1n) is 7.24. The van der Waals surface area contributed by atoms with Crippen molar-refractivity contribution in [2.24, 2.45) is 5.92 Å². The summed E-state index contributed by atoms with van der Waals surface area (Å²) in [6.45, 7) is 4.36. The van der Waals surface area contributed by atoms with Crippen molar-refractivity contribution in [2.45, 2.75) is 58.5 Å². The Morgan fingerprint density at radius 2 is 2.05 bits per heavy atom. The summed E-state index contributed by atoms with van der Waals surface area (Å²) in [7, 11) is 0. The summed E-state index contributed by atoms with van der Waals surface area (Å²) in [6.07, 6.45) is 9.49. The number of unbranched alkanes of at least 4 members (excludes halogenated alkanes) is 3. The van der Waals surface area contributed by atoms with Gasteiger partial charge in [0.25, 0.3) is 0 Å². The van der Waals surface area contributed by atoms with Gasteiger partial charge in [-0.05, 0) is 12.3 Å². The van der Waals surface area contributed by atoms with Gasteiger partial charge in [-0.3, -0.25) is 0 Å². The van der Waals surface area contributed by atoms with Crippen molar-refractivity contribution in [1.82, 2.24) is 0 Å². The molecule has 0 aromatic carbocycles. The number of ether oxygens (including phenoxy) is 1. The van der Waals surface area contributed by atoms with E-state index in [9.17, 15) is 0 Å². The normalized spacial score (nSPS) is 13.9. The minimum atomic E-state index is -0.817. The van der Waals surface area contributed by atoms with Crippen molar-refractivity contribution in [2.75, 3.05) is 13.2 Å². The molecule has 2 unspecified atom stereocenters. The first-order chi connectivity index (χ1) is 9.20. The largest absolute Gasteiger partial charge is 0.498 e. The average Bonchev–Trinajstić information content (AvgIpc) is 2.43. The molecule has 2 N–H and O–H groups in total. The van der Waals surface area contributed by atoms with Crippen LogP contribution in [0.25, 0.3) is 0 Å². The number of aliphatic hydroxyl groups excluding tert-OH is 2. The number of rotatable bonds is 10. The van der Waals surface area contributed by atoms with Crippen molar-refractivity contribution in [3.05, 3.63) is 12.3 Å². The maximum absolute atomic E-state index is 8.99. The molecular weight excluding hydrogens is 240 g/mol. The molecule has 0 fully saturated rings. The molecule has 0 bridgehead atoms. The van der Waals surface area contributed by atoms with Gasteiger partial charge >= 0.3 is 0 Å². The lowest BCUT2D eigenvalue weighted by Gasteiger charge is -2.06. The summed E-state index contributed by atoms with van der Waals surface area (Å²) >= 11 is 0. The SMILES string of the molecule is CCC(C)CCCCCC#C/C=C\OCC(O)CO. The average molecular weight is 268 g/mol. The van der Waals surface area contributed by atoms with Gasteiger partial charge in [0.15, 0.2) is 0 Å². The molecule has 0 heterocycles. The zero-order valence-electron chi connectivity index (χ0n) is 12.3. The molecule has 0 aromatic rings. The number of aliphatic hydroxyl groups is 2. The van der Waals surface area contributed by atoms with Crippen LogP contribution in [0.4, 0.5) is 0 Å². The van der Waals surface area contributed by atoms with E-state index in [2.05, 4.69) is 25.7 Å². The van der Waals surface area contributed by atoms with Crippen molar-refractivity contribution in [1.29, 1.82) is 0 Å². The predicted octanol–water partition coefficient (Wildman–Crippen LogP) is 2.87. The highest BCUT2D eigenvalue weighted by atomic mass is 16.5. The molecule has 0 aliphatic heterocycles. The minimum Gasteiger partial charge on any atom is -0.498 e. The van der Waals surface area contributed by atoms with Crippen LogP contribution in [0.1, 0.15) is 52.4 Å². The maximum atomic E-state index is 8.99. The molecule has 110 valence electrons. The highest BCUT2D eigenvalue weighted by Crippen LogP contribution is 2.12. The van der Waals surface area contributed by atoms with Gasteiger partial charge < -0.3 is 14.9 Å². The fourth-order valence-electron chi connectivity index (χ4n) is 1.52. The second-order valence-electron chi connectivity index (χ2n) is 4.91. The maximum Gasteiger partial charge on any atom is 0.115 e. The van der Waals surface area contributed by atoms with Crippen molar-refractivity contribution in [3.8, 4) is 11.8 Å². The predicted molar refractivity (Wildman–Crippen MR) is 78.5 cm³/mol. The van der Waals surface area contributed by atoms with Gasteiger partial charge in [0.05, 0.1) is 12.9 Å². The Bertz CT molecular complexity index is 275. The van der Waals surface area contributed by atoms with E-state index < -0.39 is 6.10 Å². The standard InChI is InChI=1S/C16H28O3/c1-3-15(2)11-9-7-5-4-6-8-10-12-19-14-16(18)13-17/h10,12,15-18H,3-5,7,9,11,13-14H2,1-2H3/b12-10-. The molecule has 0 saturated heterocycles. The molecule has 2 atom stereocenters. The number of hydrogen-bond donors (Lipinski definition) is 2. The first-order valence-corrected chi connectivity index (χ1v) is 7.24. The molecule has 0 saturated carbocycles. The summed E-state index contributed by atoms with van der Waals surface area (Å²) < 4.78 is 4.98. The fraction of sp³-hybridized carbons (Fsp3) is 0.750. The Labute approximate surface area is 117 Å². The molecule has 3 heteroatoms. The van der Waals surface area contributed by atoms with Gasteiger partial charge in [0, 0.05) is 12.5 Å². The molecule has 0 amide bonds. The number of hydrogen-bond acceptors (Lipinski definition) is 3. The smallest absolute Gasteiger partial charge is 0.115 e. The zero-order chi connectivity index (χ0) is 14.3. The van der Waals surface area contributed by atoms with Crippen LogP contribution in [0, 0.1) is 17.8 Å². The highest BCUT2D eigenvalue weighted by molar-refractivity contribution is 5.13. The third-order valence-electron chi connectivity index (χ3n) is 3.04. The van der Waals surface area contributed by atoms with E-state index in [1.165, 1.54) is 31.9 Å². The summed E-state index contributed by atoms with van der Waals surface area (Å²) in [5, 5.41) is 17.5. The van der Waals surface area contributed by atoms with Crippen LogP contribution in [0.3, 0.4) is 0 Å². The van der Waals surface area contributed by atoms with Gasteiger partial charge in [-0.2, -0.15) is 0 Å². The van der Waals surface area contributed by atoms with Gasteiger partial charge in [0.2, 0.25) is 0 Å². The van der Waals surface area contributed by atoms with Crippen LogP contribution in [-0.4, -0.2) is 29.5 Å². The van der Waals surface area contributed by atoms with Crippen LogP contribution in [-0.2, 0) is 4.74 Å². The Hall–Kier alpha value is -0.980. The molecule has 0 radical (unpaired) electrons. The Balaban J connectivity index is 3.37. The molecule has 0 aliphatic rings. The molecule has 0 spiro atoms. The van der Waals surface area contributed by atoms with E-state index in [0.717, 1.165) is 18.8 Å². The van der Waals surface area contributed by atoms with E-state index in [-0.39, 0.29) is 13.2 Å². The van der Waals surface area contributed by atoms with E-state index in [0.29, 0.717) is 0 Å². The molecule has 3 nitrogen and oxygen atoms in total. The third-order valence-corrected chi connectivity index (χ3v) is 3.04. The van der Waals surface area contributed by atoms with E-state index in [1.807, 2.05) is 0 Å². The lowest BCUT2D eigenvalue weighted by Crippen LogP contribution is -2.17. The Morgan fingerprint density at radius 3 is 2.74 bits per heavy atom. The first kappa shape index (κ1) is 18.0. The monoisotopic (exact) mass is 268 g/mol. The van der Waals surface area contributed by atoms with Crippen molar-refractivity contribution < 1.29 is 14.9 Å². The Morgan fingerprint density at radius 1 is 1.26 bits per heavy atom. The van der Waals surface area contributed by atoms with Gasteiger partial charge in [0.1, 0.15) is 12.7 Å². The van der Waals surface area contributed by atoms with Crippen molar-refractivity contribution in [3.63, 3.8) is 0 Å². The second kappa shape index (κ2) is 13.5. The van der Waals surface area contributed by atoms with Crippen LogP contribution in [0.2, 0.25) is 0 Å². The Kier molecular flexibility index (Phi) is 12.8. The van der Waals surface area contributed by atoms with Gasteiger partial charge in [-0.1, -0.05) is 51.4 Å². The quantitative estimate of drug-likeness (QED) is 0.364. The summed E-state index contributed by atoms with van der Waals surface area (Å²) in [5.74, 6) is 6.80. The van der Waals surface area contributed by atoms with Gasteiger partial charge in [-0.15, -0.1) is 0 Å². The minimum absolute atomic E-state index is 0.101. The molecule has 0 aromatic heterocycles. The van der Waals surface area contributed by atoms with E-state index in [1.54, 1.807) is 6.08 Å². The fourth-order valence-corrected chi connectivity index (χ4v) is 1.52. The van der Waals surface area contributed by atoms with E-state index >= 15 is 0 Å². The van der Waals surface area contributed by atoms with Crippen LogP contribution in [0.5, 0.6) is 0 Å². The lowest BCUT2D eigenvalue weighted by molar-refractivity contribution is 0.0385. The van der Waals surface area contributed by atoms with Crippen LogP contribution in [0.15, 0.2) is 12.3 Å². The molecular formula is C16H28O3. The van der Waals surface area contributed by atoms with Crippen molar-refractivity contribution >= 4 is 0 Å².